The molecule has 12 heteroatoms. The number of hydrogen-bond donors (Lipinski definition) is 1. The fourth-order valence-electron chi connectivity index (χ4n) is 3.99. The van der Waals surface area contributed by atoms with Gasteiger partial charge in [-0.2, -0.15) is 13.2 Å². The molecule has 0 radical (unpaired) electrons. The molecule has 1 aromatic heterocycles. The third-order valence-electron chi connectivity index (χ3n) is 5.88. The van der Waals surface area contributed by atoms with E-state index in [0.29, 0.717) is 23.4 Å². The zero-order valence-electron chi connectivity index (χ0n) is 19.2. The number of aromatic nitrogens is 1. The number of likely N-dealkylation sites (tertiary alicyclic amines) is 1. The molecule has 0 aliphatic carbocycles. The van der Waals surface area contributed by atoms with Crippen LogP contribution in [0.5, 0.6) is 11.6 Å². The summed E-state index contributed by atoms with van der Waals surface area (Å²) < 4.78 is 72.2. The lowest BCUT2D eigenvalue weighted by Gasteiger charge is -2.38. The van der Waals surface area contributed by atoms with Crippen molar-refractivity contribution in [3.05, 3.63) is 65.7 Å². The molecule has 3 heterocycles. The van der Waals surface area contributed by atoms with Gasteiger partial charge in [-0.1, -0.05) is 30.3 Å². The molecule has 0 bridgehead atoms. The molecular formula is C25H21F5N2O5. The number of ether oxygens (including phenoxy) is 2. The Kier molecular flexibility index (Phi) is 7.19. The van der Waals surface area contributed by atoms with Crippen LogP contribution in [0.15, 0.2) is 54.6 Å². The number of nitrogens with zero attached hydrogens (tertiary/aromatic N) is 2. The molecule has 196 valence electrons. The molecule has 3 aromatic rings. The van der Waals surface area contributed by atoms with Crippen molar-refractivity contribution in [2.75, 3.05) is 19.7 Å². The van der Waals surface area contributed by atoms with Crippen molar-refractivity contribution >= 4 is 22.8 Å². The molecule has 1 amide bonds. The van der Waals surface area contributed by atoms with Gasteiger partial charge in [0, 0.05) is 30.8 Å². The smallest absolute Gasteiger partial charge is 0.490 e. The summed E-state index contributed by atoms with van der Waals surface area (Å²) in [5.41, 5.74) is 2.05. The van der Waals surface area contributed by atoms with E-state index in [1.54, 1.807) is 30.3 Å². The number of carboxylic acids is 1. The first kappa shape index (κ1) is 26.1. The summed E-state index contributed by atoms with van der Waals surface area (Å²) in [6.07, 6.45) is -6.28. The van der Waals surface area contributed by atoms with Crippen molar-refractivity contribution in [2.45, 2.75) is 31.0 Å². The molecule has 7 nitrogen and oxygen atoms in total. The van der Waals surface area contributed by atoms with E-state index in [-0.39, 0.29) is 24.9 Å². The highest BCUT2D eigenvalue weighted by Crippen LogP contribution is 2.35. The molecule has 2 aromatic carbocycles. The van der Waals surface area contributed by atoms with E-state index in [1.165, 1.54) is 4.90 Å². The topological polar surface area (TPSA) is 89.0 Å². The van der Waals surface area contributed by atoms with Gasteiger partial charge in [0.05, 0.1) is 24.2 Å². The minimum atomic E-state index is -5.08. The number of aliphatic carboxylic acids is 1. The summed E-state index contributed by atoms with van der Waals surface area (Å²) in [7, 11) is 0. The van der Waals surface area contributed by atoms with Crippen molar-refractivity contribution in [3.8, 4) is 11.6 Å². The SMILES string of the molecule is O=C(O)C(F)(F)F.O=C(c1cccc2c1OCC2)N1CCC(F)(F)C(Oc2ccc3ccccc3n2)C1. The number of pyridine rings is 1. The Hall–Kier alpha value is -3.96. The van der Waals surface area contributed by atoms with Crippen LogP contribution in [-0.4, -0.2) is 64.8 Å². The van der Waals surface area contributed by atoms with Crippen LogP contribution in [0, 0.1) is 0 Å². The third-order valence-corrected chi connectivity index (χ3v) is 5.88. The van der Waals surface area contributed by atoms with E-state index in [0.717, 1.165) is 17.4 Å². The van der Waals surface area contributed by atoms with Gasteiger partial charge in [0.25, 0.3) is 11.8 Å². The molecular weight excluding hydrogens is 503 g/mol. The van der Waals surface area contributed by atoms with Crippen molar-refractivity contribution in [2.24, 2.45) is 0 Å². The van der Waals surface area contributed by atoms with E-state index in [1.807, 2.05) is 24.3 Å². The zero-order valence-corrected chi connectivity index (χ0v) is 19.2. The Morgan fingerprint density at radius 1 is 1.08 bits per heavy atom. The van der Waals surface area contributed by atoms with Gasteiger partial charge in [0.1, 0.15) is 5.75 Å². The number of halogens is 5. The summed E-state index contributed by atoms with van der Waals surface area (Å²) in [6, 6.07) is 16.2. The molecule has 37 heavy (non-hydrogen) atoms. The summed E-state index contributed by atoms with van der Waals surface area (Å²) in [4.78, 5) is 27.7. The standard InChI is InChI=1S/C23H20F2N2O3.C2HF3O2/c24-23(25)11-12-27(22(28)17-6-3-5-16-10-13-29-21(16)17)14-19(23)30-20-9-8-15-4-1-2-7-18(15)26-20;3-2(4,5)1(6)7/h1-9,19H,10-14H2;(H,6,7). The number of fused-ring (bicyclic) bond motifs is 2. The van der Waals surface area contributed by atoms with Gasteiger partial charge in [-0.25, -0.2) is 18.6 Å². The second-order valence-electron chi connectivity index (χ2n) is 8.41. The number of carbonyl (C=O) groups excluding carboxylic acids is 1. The van der Waals surface area contributed by atoms with Crippen LogP contribution < -0.4 is 9.47 Å². The average molecular weight is 524 g/mol. The van der Waals surface area contributed by atoms with Crippen LogP contribution in [0.25, 0.3) is 10.9 Å². The monoisotopic (exact) mass is 524 g/mol. The molecule has 1 unspecified atom stereocenters. The zero-order chi connectivity index (χ0) is 26.8. The number of benzene rings is 2. The fraction of sp³-hybridized carbons (Fsp3) is 0.320. The number of hydrogen-bond acceptors (Lipinski definition) is 5. The molecule has 1 atom stereocenters. The predicted octanol–water partition coefficient (Wildman–Crippen LogP) is 4.73. The van der Waals surface area contributed by atoms with Crippen LogP contribution in [-0.2, 0) is 11.2 Å². The summed E-state index contributed by atoms with van der Waals surface area (Å²) >= 11 is 0. The second kappa shape index (κ2) is 10.2. The number of alkyl halides is 5. The molecule has 5 rings (SSSR count). The first-order valence-corrected chi connectivity index (χ1v) is 11.2. The number of carbonyl (C=O) groups is 2. The Bertz CT molecular complexity index is 1310. The first-order valence-electron chi connectivity index (χ1n) is 11.2. The summed E-state index contributed by atoms with van der Waals surface area (Å²) in [5, 5.41) is 8.02. The lowest BCUT2D eigenvalue weighted by Crippen LogP contribution is -2.55. The quantitative estimate of drug-likeness (QED) is 0.499. The Morgan fingerprint density at radius 2 is 1.81 bits per heavy atom. The maximum Gasteiger partial charge on any atom is 0.490 e. The lowest BCUT2D eigenvalue weighted by molar-refractivity contribution is -0.192. The number of amides is 1. The normalized spacial score (nSPS) is 18.3. The first-order chi connectivity index (χ1) is 17.5. The third kappa shape index (κ3) is 5.89. The van der Waals surface area contributed by atoms with Crippen LogP contribution in [0.2, 0.25) is 0 Å². The van der Waals surface area contributed by atoms with Crippen molar-refractivity contribution < 1.29 is 46.1 Å². The van der Waals surface area contributed by atoms with E-state index >= 15 is 0 Å². The van der Waals surface area contributed by atoms with Crippen molar-refractivity contribution in [1.29, 1.82) is 0 Å². The highest BCUT2D eigenvalue weighted by molar-refractivity contribution is 5.97. The minimum absolute atomic E-state index is 0.0412. The van der Waals surface area contributed by atoms with Crippen LogP contribution in [0.4, 0.5) is 22.0 Å². The Labute approximate surface area is 207 Å². The molecule has 2 aliphatic rings. The van der Waals surface area contributed by atoms with E-state index in [2.05, 4.69) is 4.98 Å². The van der Waals surface area contributed by atoms with E-state index in [9.17, 15) is 26.7 Å². The average Bonchev–Trinajstić information content (AvgIpc) is 3.34. The highest BCUT2D eigenvalue weighted by atomic mass is 19.4. The van der Waals surface area contributed by atoms with Gasteiger partial charge in [0.15, 0.2) is 6.10 Å². The largest absolute Gasteiger partial charge is 0.492 e. The van der Waals surface area contributed by atoms with Crippen LogP contribution >= 0.6 is 0 Å². The minimum Gasteiger partial charge on any atom is -0.492 e. The van der Waals surface area contributed by atoms with Crippen molar-refractivity contribution in [1.82, 2.24) is 9.88 Å². The maximum atomic E-state index is 14.6. The molecule has 0 saturated carbocycles. The van der Waals surface area contributed by atoms with E-state index < -0.39 is 30.6 Å². The van der Waals surface area contributed by atoms with Gasteiger partial charge in [0.2, 0.25) is 5.88 Å². The number of piperidine rings is 1. The van der Waals surface area contributed by atoms with Gasteiger partial charge in [-0.3, -0.25) is 4.79 Å². The van der Waals surface area contributed by atoms with Crippen molar-refractivity contribution in [3.63, 3.8) is 0 Å². The number of para-hydroxylation sites is 2. The van der Waals surface area contributed by atoms with Gasteiger partial charge >= 0.3 is 12.1 Å². The van der Waals surface area contributed by atoms with E-state index in [4.69, 9.17) is 19.4 Å². The molecule has 1 fully saturated rings. The lowest BCUT2D eigenvalue weighted by atomic mass is 10.0. The van der Waals surface area contributed by atoms with Gasteiger partial charge < -0.3 is 19.5 Å². The number of rotatable bonds is 3. The molecule has 0 spiro atoms. The molecule has 1 N–H and O–H groups in total. The Balaban J connectivity index is 0.000000405. The number of carboxylic acid groups (broad SMARTS) is 1. The predicted molar refractivity (Wildman–Crippen MR) is 121 cm³/mol. The van der Waals surface area contributed by atoms with Crippen LogP contribution in [0.3, 0.4) is 0 Å². The maximum absolute atomic E-state index is 14.6. The highest BCUT2D eigenvalue weighted by Gasteiger charge is 2.47. The summed E-state index contributed by atoms with van der Waals surface area (Å²) in [6.45, 7) is 0.265. The molecule has 2 aliphatic heterocycles. The molecule has 1 saturated heterocycles. The van der Waals surface area contributed by atoms with Gasteiger partial charge in [-0.05, 0) is 23.8 Å². The van der Waals surface area contributed by atoms with Crippen LogP contribution in [0.1, 0.15) is 22.3 Å². The second-order valence-corrected chi connectivity index (χ2v) is 8.41. The fourth-order valence-corrected chi connectivity index (χ4v) is 3.99. The Morgan fingerprint density at radius 3 is 2.54 bits per heavy atom. The summed E-state index contributed by atoms with van der Waals surface area (Å²) in [5.74, 6) is -5.44. The van der Waals surface area contributed by atoms with Gasteiger partial charge in [-0.15, -0.1) is 0 Å².